The Labute approximate surface area is 116 Å². The van der Waals surface area contributed by atoms with E-state index in [1.165, 1.54) is 33.3 Å². The first-order valence-corrected chi connectivity index (χ1v) is 6.01. The summed E-state index contributed by atoms with van der Waals surface area (Å²) in [5, 5.41) is 9.55. The van der Waals surface area contributed by atoms with Gasteiger partial charge in [-0.05, 0) is 26.8 Å². The highest BCUT2D eigenvalue weighted by Crippen LogP contribution is 2.42. The zero-order valence-corrected chi connectivity index (χ0v) is 12.1. The minimum Gasteiger partial charge on any atom is -0.384 e. The number of methoxy groups -OCH3 is 2. The molecule has 0 aliphatic heterocycles. The number of benzene rings is 1. The lowest BCUT2D eigenvalue weighted by Crippen LogP contribution is -2.41. The number of alkyl halides is 2. The Morgan fingerprint density at radius 1 is 1.00 bits per heavy atom. The van der Waals surface area contributed by atoms with Crippen molar-refractivity contribution >= 4 is 0 Å². The van der Waals surface area contributed by atoms with Crippen molar-refractivity contribution in [3.8, 4) is 0 Å². The van der Waals surface area contributed by atoms with E-state index in [4.69, 9.17) is 9.47 Å². The summed E-state index contributed by atoms with van der Waals surface area (Å²) in [4.78, 5) is 0. The molecule has 0 saturated carbocycles. The summed E-state index contributed by atoms with van der Waals surface area (Å²) in [5.41, 5.74) is -3.46. The van der Waals surface area contributed by atoms with Crippen LogP contribution in [-0.4, -0.2) is 24.9 Å². The maximum atomic E-state index is 14.4. The fourth-order valence-corrected chi connectivity index (χ4v) is 1.76. The molecule has 6 heteroatoms. The minimum atomic E-state index is -3.75. The van der Waals surface area contributed by atoms with Crippen molar-refractivity contribution in [2.45, 2.75) is 38.1 Å². The molecular weight excluding hydrogens is 273 g/mol. The fourth-order valence-electron chi connectivity index (χ4n) is 1.76. The topological polar surface area (TPSA) is 38.7 Å². The first kappa shape index (κ1) is 16.9. The van der Waals surface area contributed by atoms with Crippen LogP contribution in [0.4, 0.5) is 13.2 Å². The molecule has 1 rings (SSSR count). The van der Waals surface area contributed by atoms with Gasteiger partial charge in [0.2, 0.25) is 0 Å². The van der Waals surface area contributed by atoms with Crippen LogP contribution in [0.3, 0.4) is 0 Å². The van der Waals surface area contributed by atoms with Crippen molar-refractivity contribution in [3.05, 3.63) is 35.1 Å². The molecule has 0 bridgehead atoms. The number of rotatable bonds is 5. The van der Waals surface area contributed by atoms with Crippen molar-refractivity contribution in [1.82, 2.24) is 0 Å². The van der Waals surface area contributed by atoms with E-state index in [1.807, 2.05) is 0 Å². The van der Waals surface area contributed by atoms with Gasteiger partial charge < -0.3 is 14.6 Å². The van der Waals surface area contributed by atoms with E-state index in [0.29, 0.717) is 0 Å². The maximum Gasteiger partial charge on any atom is 0.303 e. The van der Waals surface area contributed by atoms with E-state index in [2.05, 4.69) is 0 Å². The molecule has 0 saturated heterocycles. The predicted molar refractivity (Wildman–Crippen MR) is 68.0 cm³/mol. The Balaban J connectivity index is 3.49. The van der Waals surface area contributed by atoms with Gasteiger partial charge in [0.05, 0.1) is 5.56 Å². The summed E-state index contributed by atoms with van der Waals surface area (Å²) < 4.78 is 52.7. The molecule has 0 radical (unpaired) electrons. The highest BCUT2D eigenvalue weighted by molar-refractivity contribution is 5.33. The van der Waals surface area contributed by atoms with Crippen LogP contribution in [0.5, 0.6) is 0 Å². The van der Waals surface area contributed by atoms with Gasteiger partial charge in [0, 0.05) is 19.8 Å². The lowest BCUT2D eigenvalue weighted by atomic mass is 9.90. The van der Waals surface area contributed by atoms with Gasteiger partial charge in [-0.15, -0.1) is 0 Å². The second kappa shape index (κ2) is 5.35. The summed E-state index contributed by atoms with van der Waals surface area (Å²) in [6.07, 6.45) is 0. The van der Waals surface area contributed by atoms with Crippen LogP contribution in [0, 0.1) is 5.82 Å². The molecule has 114 valence electrons. The third-order valence-electron chi connectivity index (χ3n) is 3.37. The normalized spacial score (nSPS) is 13.7. The second-order valence-corrected chi connectivity index (χ2v) is 5.15. The monoisotopic (exact) mass is 292 g/mol. The summed E-state index contributed by atoms with van der Waals surface area (Å²) in [5.74, 6) is -6.41. The number of hydrogen-bond acceptors (Lipinski definition) is 3. The first-order valence-electron chi connectivity index (χ1n) is 6.01. The van der Waals surface area contributed by atoms with E-state index in [-0.39, 0.29) is 5.56 Å². The van der Waals surface area contributed by atoms with Crippen LogP contribution < -0.4 is 0 Å². The first-order chi connectivity index (χ1) is 9.01. The fraction of sp³-hybridized carbons (Fsp3) is 0.571. The van der Waals surface area contributed by atoms with E-state index < -0.39 is 28.7 Å². The molecule has 0 spiro atoms. The standard InChI is InChI=1S/C14H19F3O3/c1-12(2,18)14(16,17)10-8-6-7-9(11(10)15)13(3,19-4)20-5/h6-8,18H,1-5H3. The zero-order valence-electron chi connectivity index (χ0n) is 12.1. The molecule has 0 heterocycles. The van der Waals surface area contributed by atoms with Gasteiger partial charge in [0.15, 0.2) is 5.79 Å². The van der Waals surface area contributed by atoms with Gasteiger partial charge in [-0.1, -0.05) is 12.1 Å². The third kappa shape index (κ3) is 2.68. The Morgan fingerprint density at radius 2 is 1.45 bits per heavy atom. The summed E-state index contributed by atoms with van der Waals surface area (Å²) in [6, 6.07) is 3.50. The number of ether oxygens (including phenoxy) is 2. The van der Waals surface area contributed by atoms with E-state index in [0.717, 1.165) is 19.9 Å². The SMILES string of the molecule is COC(C)(OC)c1cccc(C(F)(F)C(C)(C)O)c1F. The van der Waals surface area contributed by atoms with Crippen LogP contribution in [0.2, 0.25) is 0 Å². The molecule has 1 aromatic carbocycles. The smallest absolute Gasteiger partial charge is 0.303 e. The summed E-state index contributed by atoms with van der Waals surface area (Å²) >= 11 is 0. The van der Waals surface area contributed by atoms with Crippen LogP contribution in [-0.2, 0) is 21.2 Å². The molecule has 1 N–H and O–H groups in total. The van der Waals surface area contributed by atoms with Crippen molar-refractivity contribution in [3.63, 3.8) is 0 Å². The van der Waals surface area contributed by atoms with E-state index in [1.54, 1.807) is 0 Å². The highest BCUT2D eigenvalue weighted by Gasteiger charge is 2.49. The molecular formula is C14H19F3O3. The van der Waals surface area contributed by atoms with Gasteiger partial charge in [-0.3, -0.25) is 0 Å². The molecule has 0 fully saturated rings. The Morgan fingerprint density at radius 3 is 1.85 bits per heavy atom. The number of hydrogen-bond donors (Lipinski definition) is 1. The zero-order chi connectivity index (χ0) is 15.8. The average Bonchev–Trinajstić information content (AvgIpc) is 2.36. The Bertz CT molecular complexity index is 477. The Kier molecular flexibility index (Phi) is 4.53. The van der Waals surface area contributed by atoms with Gasteiger partial charge in [0.25, 0.3) is 0 Å². The molecule has 20 heavy (non-hydrogen) atoms. The largest absolute Gasteiger partial charge is 0.384 e. The van der Waals surface area contributed by atoms with Gasteiger partial charge in [-0.2, -0.15) is 8.78 Å². The molecule has 1 aromatic rings. The molecule has 0 aliphatic rings. The molecule has 0 amide bonds. The van der Waals surface area contributed by atoms with Gasteiger partial charge >= 0.3 is 5.92 Å². The number of aliphatic hydroxyl groups is 1. The van der Waals surface area contributed by atoms with Gasteiger partial charge in [-0.25, -0.2) is 4.39 Å². The van der Waals surface area contributed by atoms with Crippen molar-refractivity contribution in [2.75, 3.05) is 14.2 Å². The van der Waals surface area contributed by atoms with Crippen molar-refractivity contribution in [1.29, 1.82) is 0 Å². The average molecular weight is 292 g/mol. The summed E-state index contributed by atoms with van der Waals surface area (Å²) in [7, 11) is 2.56. The van der Waals surface area contributed by atoms with E-state index >= 15 is 0 Å². The molecule has 0 aliphatic carbocycles. The molecule has 0 atom stereocenters. The van der Waals surface area contributed by atoms with Gasteiger partial charge in [0.1, 0.15) is 11.4 Å². The van der Waals surface area contributed by atoms with Crippen LogP contribution in [0.15, 0.2) is 18.2 Å². The quantitative estimate of drug-likeness (QED) is 0.847. The van der Waals surface area contributed by atoms with Crippen molar-refractivity contribution < 1.29 is 27.8 Å². The summed E-state index contributed by atoms with van der Waals surface area (Å²) in [6.45, 7) is 3.26. The molecule has 0 unspecified atom stereocenters. The maximum absolute atomic E-state index is 14.4. The van der Waals surface area contributed by atoms with E-state index in [9.17, 15) is 18.3 Å². The highest BCUT2D eigenvalue weighted by atomic mass is 19.3. The number of halogens is 3. The lowest BCUT2D eigenvalue weighted by molar-refractivity contribution is -0.204. The molecule has 0 aromatic heterocycles. The third-order valence-corrected chi connectivity index (χ3v) is 3.37. The Hall–Kier alpha value is -1.11. The molecule has 3 nitrogen and oxygen atoms in total. The van der Waals surface area contributed by atoms with Crippen LogP contribution >= 0.6 is 0 Å². The minimum absolute atomic E-state index is 0.163. The van der Waals surface area contributed by atoms with Crippen LogP contribution in [0.25, 0.3) is 0 Å². The predicted octanol–water partition coefficient (Wildman–Crippen LogP) is 3.15. The van der Waals surface area contributed by atoms with Crippen LogP contribution in [0.1, 0.15) is 31.9 Å². The lowest BCUT2D eigenvalue weighted by Gasteiger charge is -2.32. The second-order valence-electron chi connectivity index (χ2n) is 5.15. The van der Waals surface area contributed by atoms with Crippen molar-refractivity contribution in [2.24, 2.45) is 0 Å².